The summed E-state index contributed by atoms with van der Waals surface area (Å²) >= 11 is 0. The molecule has 0 fully saturated rings. The van der Waals surface area contributed by atoms with E-state index in [1.165, 1.54) is 12.1 Å². The van der Waals surface area contributed by atoms with Crippen LogP contribution in [-0.4, -0.2) is 16.5 Å². The molecular formula is C17H15N3O2. The number of aromatic nitrogens is 1. The van der Waals surface area contributed by atoms with Crippen LogP contribution in [0.1, 0.15) is 5.56 Å². The fourth-order valence-electron chi connectivity index (χ4n) is 2.38. The molecule has 0 saturated carbocycles. The number of nitro groups is 1. The Morgan fingerprint density at radius 3 is 2.59 bits per heavy atom. The zero-order valence-electron chi connectivity index (χ0n) is 11.9. The quantitative estimate of drug-likeness (QED) is 0.574. The van der Waals surface area contributed by atoms with Gasteiger partial charge < -0.3 is 5.32 Å². The number of anilines is 1. The summed E-state index contributed by atoms with van der Waals surface area (Å²) in [5, 5.41) is 15.1. The van der Waals surface area contributed by atoms with E-state index in [1.54, 1.807) is 18.3 Å². The van der Waals surface area contributed by atoms with Crippen molar-refractivity contribution in [3.05, 3.63) is 76.5 Å². The molecule has 0 spiro atoms. The number of hydrogen-bond acceptors (Lipinski definition) is 4. The number of pyridine rings is 1. The fourth-order valence-corrected chi connectivity index (χ4v) is 2.38. The molecule has 0 saturated heterocycles. The number of para-hydroxylation sites is 1. The van der Waals surface area contributed by atoms with Crippen molar-refractivity contribution in [2.24, 2.45) is 0 Å². The van der Waals surface area contributed by atoms with Crippen LogP contribution in [0.2, 0.25) is 0 Å². The fraction of sp³-hybridized carbons (Fsp3) is 0.118. The van der Waals surface area contributed by atoms with Gasteiger partial charge in [-0.3, -0.25) is 15.1 Å². The second-order valence-electron chi connectivity index (χ2n) is 4.98. The van der Waals surface area contributed by atoms with Gasteiger partial charge in [0.25, 0.3) is 5.69 Å². The lowest BCUT2D eigenvalue weighted by Crippen LogP contribution is -2.05. The van der Waals surface area contributed by atoms with Crippen molar-refractivity contribution in [2.45, 2.75) is 6.42 Å². The minimum atomic E-state index is -0.384. The molecule has 5 nitrogen and oxygen atoms in total. The van der Waals surface area contributed by atoms with Crippen LogP contribution in [0.25, 0.3) is 10.9 Å². The maximum atomic E-state index is 10.6. The standard InChI is InChI=1S/C17H15N3O2/c21-20(22)14-7-5-13(6-8-14)9-11-18-17-10-12-19-16-4-2-1-3-15(16)17/h1-8,10,12H,9,11H2,(H,18,19). The highest BCUT2D eigenvalue weighted by atomic mass is 16.6. The molecule has 1 heterocycles. The van der Waals surface area contributed by atoms with Crippen LogP contribution in [-0.2, 0) is 6.42 Å². The molecule has 0 bridgehead atoms. The number of non-ortho nitro benzene ring substituents is 1. The molecule has 0 unspecified atom stereocenters. The molecule has 5 heteroatoms. The Bertz CT molecular complexity index is 795. The normalized spacial score (nSPS) is 10.5. The van der Waals surface area contributed by atoms with Crippen molar-refractivity contribution in [3.63, 3.8) is 0 Å². The summed E-state index contributed by atoms with van der Waals surface area (Å²) in [6, 6.07) is 16.6. The molecule has 0 atom stereocenters. The lowest BCUT2D eigenvalue weighted by atomic mass is 10.1. The van der Waals surface area contributed by atoms with Crippen LogP contribution in [0, 0.1) is 10.1 Å². The van der Waals surface area contributed by atoms with Crippen LogP contribution in [0.4, 0.5) is 11.4 Å². The Kier molecular flexibility index (Phi) is 3.96. The van der Waals surface area contributed by atoms with Crippen molar-refractivity contribution < 1.29 is 4.92 Å². The van der Waals surface area contributed by atoms with Crippen LogP contribution in [0.15, 0.2) is 60.8 Å². The molecule has 0 amide bonds. The van der Waals surface area contributed by atoms with E-state index < -0.39 is 0 Å². The maximum absolute atomic E-state index is 10.6. The summed E-state index contributed by atoms with van der Waals surface area (Å²) in [5.41, 5.74) is 3.20. The van der Waals surface area contributed by atoms with Crippen LogP contribution < -0.4 is 5.32 Å². The molecule has 0 radical (unpaired) electrons. The highest BCUT2D eigenvalue weighted by molar-refractivity contribution is 5.90. The predicted molar refractivity (Wildman–Crippen MR) is 87.0 cm³/mol. The zero-order chi connectivity index (χ0) is 15.4. The van der Waals surface area contributed by atoms with E-state index in [1.807, 2.05) is 30.3 Å². The lowest BCUT2D eigenvalue weighted by Gasteiger charge is -2.09. The van der Waals surface area contributed by atoms with E-state index in [2.05, 4.69) is 10.3 Å². The molecule has 2 aromatic carbocycles. The van der Waals surface area contributed by atoms with Crippen molar-refractivity contribution in [3.8, 4) is 0 Å². The van der Waals surface area contributed by atoms with Gasteiger partial charge in [0.05, 0.1) is 10.4 Å². The van der Waals surface area contributed by atoms with E-state index in [9.17, 15) is 10.1 Å². The summed E-state index contributed by atoms with van der Waals surface area (Å²) in [7, 11) is 0. The van der Waals surface area contributed by atoms with Gasteiger partial charge in [-0.05, 0) is 24.1 Å². The summed E-state index contributed by atoms with van der Waals surface area (Å²) < 4.78 is 0. The second-order valence-corrected chi connectivity index (χ2v) is 4.98. The van der Waals surface area contributed by atoms with Gasteiger partial charge in [0, 0.05) is 35.9 Å². The molecule has 3 rings (SSSR count). The smallest absolute Gasteiger partial charge is 0.269 e. The van der Waals surface area contributed by atoms with E-state index in [0.717, 1.165) is 35.1 Å². The summed E-state index contributed by atoms with van der Waals surface area (Å²) in [6.45, 7) is 0.756. The molecule has 1 aromatic heterocycles. The van der Waals surface area contributed by atoms with Gasteiger partial charge in [0.15, 0.2) is 0 Å². The van der Waals surface area contributed by atoms with Gasteiger partial charge in [-0.25, -0.2) is 0 Å². The van der Waals surface area contributed by atoms with Crippen LogP contribution in [0.3, 0.4) is 0 Å². The third kappa shape index (κ3) is 3.03. The van der Waals surface area contributed by atoms with Crippen molar-refractivity contribution in [1.82, 2.24) is 4.98 Å². The Morgan fingerprint density at radius 2 is 1.82 bits per heavy atom. The van der Waals surface area contributed by atoms with Crippen molar-refractivity contribution >= 4 is 22.3 Å². The third-order valence-electron chi connectivity index (χ3n) is 3.53. The predicted octanol–water partition coefficient (Wildman–Crippen LogP) is 3.80. The summed E-state index contributed by atoms with van der Waals surface area (Å²) in [4.78, 5) is 14.6. The Hall–Kier alpha value is -2.95. The van der Waals surface area contributed by atoms with Crippen molar-refractivity contribution in [2.75, 3.05) is 11.9 Å². The topological polar surface area (TPSA) is 68.1 Å². The number of fused-ring (bicyclic) bond motifs is 1. The summed E-state index contributed by atoms with van der Waals surface area (Å²) in [5.74, 6) is 0. The SMILES string of the molecule is O=[N+]([O-])c1ccc(CCNc2ccnc3ccccc23)cc1. The first-order valence-electron chi connectivity index (χ1n) is 7.05. The number of hydrogen-bond donors (Lipinski definition) is 1. The van der Waals surface area contributed by atoms with Gasteiger partial charge in [-0.15, -0.1) is 0 Å². The minimum absolute atomic E-state index is 0.122. The van der Waals surface area contributed by atoms with Gasteiger partial charge in [0.2, 0.25) is 0 Å². The maximum Gasteiger partial charge on any atom is 0.269 e. The number of nitro benzene ring substituents is 1. The number of nitrogens with zero attached hydrogens (tertiary/aromatic N) is 2. The largest absolute Gasteiger partial charge is 0.384 e. The minimum Gasteiger partial charge on any atom is -0.384 e. The molecule has 1 N–H and O–H groups in total. The monoisotopic (exact) mass is 293 g/mol. The van der Waals surface area contributed by atoms with Gasteiger partial charge in [-0.2, -0.15) is 0 Å². The van der Waals surface area contributed by atoms with Gasteiger partial charge in [-0.1, -0.05) is 30.3 Å². The number of benzene rings is 2. The highest BCUT2D eigenvalue weighted by Gasteiger charge is 2.04. The van der Waals surface area contributed by atoms with E-state index in [-0.39, 0.29) is 10.6 Å². The summed E-state index contributed by atoms with van der Waals surface area (Å²) in [6.07, 6.45) is 2.59. The molecule has 0 aliphatic rings. The van der Waals surface area contributed by atoms with Crippen LogP contribution in [0.5, 0.6) is 0 Å². The average Bonchev–Trinajstić information content (AvgIpc) is 2.55. The molecule has 3 aromatic rings. The molecule has 0 aliphatic heterocycles. The van der Waals surface area contributed by atoms with Gasteiger partial charge >= 0.3 is 0 Å². The first-order chi connectivity index (χ1) is 10.7. The van der Waals surface area contributed by atoms with E-state index in [0.29, 0.717) is 0 Å². The number of rotatable bonds is 5. The first kappa shape index (κ1) is 14.0. The van der Waals surface area contributed by atoms with E-state index >= 15 is 0 Å². The molecule has 0 aliphatic carbocycles. The Labute approximate surface area is 127 Å². The molecule has 22 heavy (non-hydrogen) atoms. The van der Waals surface area contributed by atoms with Crippen molar-refractivity contribution in [1.29, 1.82) is 0 Å². The average molecular weight is 293 g/mol. The Balaban J connectivity index is 1.66. The second kappa shape index (κ2) is 6.22. The lowest BCUT2D eigenvalue weighted by molar-refractivity contribution is -0.384. The van der Waals surface area contributed by atoms with Gasteiger partial charge in [0.1, 0.15) is 0 Å². The van der Waals surface area contributed by atoms with E-state index in [4.69, 9.17) is 0 Å². The molecule has 110 valence electrons. The molecular weight excluding hydrogens is 278 g/mol. The highest BCUT2D eigenvalue weighted by Crippen LogP contribution is 2.21. The number of nitrogens with one attached hydrogen (secondary N) is 1. The van der Waals surface area contributed by atoms with Crippen LogP contribution >= 0.6 is 0 Å². The third-order valence-corrected chi connectivity index (χ3v) is 3.53. The Morgan fingerprint density at radius 1 is 1.05 bits per heavy atom. The zero-order valence-corrected chi connectivity index (χ0v) is 11.9. The first-order valence-corrected chi connectivity index (χ1v) is 7.05.